The van der Waals surface area contributed by atoms with Crippen LogP contribution in [0.25, 0.3) is 10.2 Å². The first-order valence-corrected chi connectivity index (χ1v) is 8.12. The van der Waals surface area contributed by atoms with E-state index in [1.165, 1.54) is 23.1 Å². The maximum Gasteiger partial charge on any atom is 0.325 e. The summed E-state index contributed by atoms with van der Waals surface area (Å²) in [5.74, 6) is -0.914. The number of carbonyl (C=O) groups is 2. The number of hydrogen-bond donors (Lipinski definition) is 0. The number of benzene rings is 1. The van der Waals surface area contributed by atoms with Crippen molar-refractivity contribution in [2.45, 2.75) is 6.54 Å². The summed E-state index contributed by atoms with van der Waals surface area (Å²) in [4.78, 5) is 28.5. The summed E-state index contributed by atoms with van der Waals surface area (Å²) in [5.41, 5.74) is 0.986. The second-order valence-corrected chi connectivity index (χ2v) is 6.40. The quantitative estimate of drug-likeness (QED) is 0.666. The number of esters is 1. The second-order valence-electron chi connectivity index (χ2n) is 4.95. The van der Waals surface area contributed by atoms with Gasteiger partial charge in [-0.25, -0.2) is 0 Å². The van der Waals surface area contributed by atoms with Crippen LogP contribution < -0.4 is 4.80 Å². The number of thiazole rings is 1. The summed E-state index contributed by atoms with van der Waals surface area (Å²) in [7, 11) is 3.03. The van der Waals surface area contributed by atoms with Crippen LogP contribution in [0.2, 0.25) is 5.02 Å². The molecule has 0 atom stereocenters. The van der Waals surface area contributed by atoms with Gasteiger partial charge in [-0.2, -0.15) is 10.1 Å². The highest BCUT2D eigenvalue weighted by atomic mass is 35.5. The summed E-state index contributed by atoms with van der Waals surface area (Å²) in [6, 6.07) is 6.84. The van der Waals surface area contributed by atoms with Crippen LogP contribution in [0.3, 0.4) is 0 Å². The van der Waals surface area contributed by atoms with Crippen molar-refractivity contribution >= 4 is 45.0 Å². The van der Waals surface area contributed by atoms with E-state index in [2.05, 4.69) is 10.1 Å². The molecule has 7 nitrogen and oxygen atoms in total. The molecule has 0 aliphatic rings. The molecule has 0 N–H and O–H groups in total. The average molecular weight is 365 g/mol. The first kappa shape index (κ1) is 16.4. The number of nitrogens with zero attached hydrogens (tertiary/aromatic N) is 4. The molecule has 0 unspecified atom stereocenters. The number of halogens is 1. The average Bonchev–Trinajstić information content (AvgIpc) is 3.11. The number of aryl methyl sites for hydroxylation is 1. The van der Waals surface area contributed by atoms with Gasteiger partial charge in [-0.3, -0.25) is 14.3 Å². The first-order valence-electron chi connectivity index (χ1n) is 6.92. The van der Waals surface area contributed by atoms with Crippen LogP contribution in [0, 0.1) is 0 Å². The molecule has 3 aromatic rings. The summed E-state index contributed by atoms with van der Waals surface area (Å²) < 4.78 is 8.69. The minimum Gasteiger partial charge on any atom is -0.468 e. The van der Waals surface area contributed by atoms with Gasteiger partial charge in [0.25, 0.3) is 5.91 Å². The molecule has 9 heteroatoms. The van der Waals surface area contributed by atoms with Gasteiger partial charge in [0.2, 0.25) is 0 Å². The van der Waals surface area contributed by atoms with E-state index >= 15 is 0 Å². The Labute approximate surface area is 145 Å². The van der Waals surface area contributed by atoms with Crippen molar-refractivity contribution in [3.8, 4) is 0 Å². The zero-order valence-electron chi connectivity index (χ0n) is 12.9. The Kier molecular flexibility index (Phi) is 4.50. The summed E-state index contributed by atoms with van der Waals surface area (Å²) in [6.45, 7) is -0.0491. The lowest BCUT2D eigenvalue weighted by Crippen LogP contribution is -2.22. The molecule has 0 radical (unpaired) electrons. The van der Waals surface area contributed by atoms with E-state index in [9.17, 15) is 9.59 Å². The molecule has 0 fully saturated rings. The van der Waals surface area contributed by atoms with Crippen LogP contribution >= 0.6 is 22.9 Å². The van der Waals surface area contributed by atoms with Crippen LogP contribution in [-0.2, 0) is 23.1 Å². The van der Waals surface area contributed by atoms with Crippen molar-refractivity contribution in [3.63, 3.8) is 0 Å². The largest absolute Gasteiger partial charge is 0.468 e. The molecule has 3 rings (SSSR count). The molecule has 1 aromatic carbocycles. The second kappa shape index (κ2) is 6.58. The number of rotatable bonds is 3. The highest BCUT2D eigenvalue weighted by Crippen LogP contribution is 2.22. The van der Waals surface area contributed by atoms with E-state index in [1.807, 2.05) is 0 Å². The number of carbonyl (C=O) groups excluding carboxylic acids is 2. The lowest BCUT2D eigenvalue weighted by Gasteiger charge is -2.03. The number of ether oxygens (including phenoxy) is 1. The van der Waals surface area contributed by atoms with Crippen molar-refractivity contribution in [2.75, 3.05) is 7.11 Å². The fraction of sp³-hybridized carbons (Fsp3) is 0.200. The molecule has 2 heterocycles. The van der Waals surface area contributed by atoms with Gasteiger partial charge >= 0.3 is 5.97 Å². The number of methoxy groups -OCH3 is 1. The van der Waals surface area contributed by atoms with Gasteiger partial charge in [0.05, 0.1) is 17.3 Å². The Morgan fingerprint density at radius 1 is 1.38 bits per heavy atom. The van der Waals surface area contributed by atoms with Crippen molar-refractivity contribution in [1.29, 1.82) is 0 Å². The van der Waals surface area contributed by atoms with Gasteiger partial charge in [-0.15, -0.1) is 0 Å². The van der Waals surface area contributed by atoms with Gasteiger partial charge in [-0.05, 0) is 24.3 Å². The molecule has 0 aliphatic carbocycles. The smallest absolute Gasteiger partial charge is 0.325 e. The molecule has 0 aliphatic heterocycles. The lowest BCUT2D eigenvalue weighted by atomic mass is 10.3. The van der Waals surface area contributed by atoms with Crippen LogP contribution in [0.5, 0.6) is 0 Å². The number of aromatic nitrogens is 3. The molecule has 124 valence electrons. The Bertz CT molecular complexity index is 1000. The third kappa shape index (κ3) is 3.24. The molecule has 0 saturated carbocycles. The van der Waals surface area contributed by atoms with E-state index in [0.29, 0.717) is 9.82 Å². The van der Waals surface area contributed by atoms with Crippen molar-refractivity contribution < 1.29 is 14.3 Å². The Balaban J connectivity index is 2.14. The van der Waals surface area contributed by atoms with Crippen LogP contribution in [0.4, 0.5) is 0 Å². The predicted octanol–water partition coefficient (Wildman–Crippen LogP) is 2.00. The minimum absolute atomic E-state index is 0.0491. The van der Waals surface area contributed by atoms with Crippen LogP contribution in [-0.4, -0.2) is 33.3 Å². The van der Waals surface area contributed by atoms with Gasteiger partial charge in [0.1, 0.15) is 6.54 Å². The molecular formula is C15H13ClN4O3S. The van der Waals surface area contributed by atoms with Gasteiger partial charge in [0, 0.05) is 18.3 Å². The lowest BCUT2D eigenvalue weighted by molar-refractivity contribution is -0.141. The first-order chi connectivity index (χ1) is 11.5. The van der Waals surface area contributed by atoms with Gasteiger partial charge in [-0.1, -0.05) is 22.9 Å². The molecule has 24 heavy (non-hydrogen) atoms. The summed E-state index contributed by atoms with van der Waals surface area (Å²) >= 11 is 7.28. The van der Waals surface area contributed by atoms with E-state index in [-0.39, 0.29) is 12.2 Å². The topological polar surface area (TPSA) is 78.5 Å². The van der Waals surface area contributed by atoms with Crippen molar-refractivity contribution in [3.05, 3.63) is 46.0 Å². The molecule has 0 spiro atoms. The molecular weight excluding hydrogens is 352 g/mol. The maximum atomic E-state index is 12.3. The fourth-order valence-electron chi connectivity index (χ4n) is 2.15. The van der Waals surface area contributed by atoms with Gasteiger partial charge in [0.15, 0.2) is 10.5 Å². The Morgan fingerprint density at radius 3 is 2.83 bits per heavy atom. The van der Waals surface area contributed by atoms with Gasteiger partial charge < -0.3 is 9.30 Å². The number of fused-ring (bicyclic) bond motifs is 1. The minimum atomic E-state index is -0.480. The van der Waals surface area contributed by atoms with Crippen LogP contribution in [0.15, 0.2) is 35.5 Å². The Hall–Kier alpha value is -2.45. The SMILES string of the molecule is COC(=O)Cn1c(=NC(=O)c2ccn(C)n2)sc2cc(Cl)ccc21. The van der Waals surface area contributed by atoms with Crippen LogP contribution in [0.1, 0.15) is 10.5 Å². The number of hydrogen-bond acceptors (Lipinski definition) is 5. The molecule has 0 bridgehead atoms. The monoisotopic (exact) mass is 364 g/mol. The van der Waals surface area contributed by atoms with E-state index in [4.69, 9.17) is 16.3 Å². The zero-order valence-corrected chi connectivity index (χ0v) is 14.5. The normalized spacial score (nSPS) is 11.9. The third-order valence-corrected chi connectivity index (χ3v) is 4.57. The van der Waals surface area contributed by atoms with E-state index in [1.54, 1.807) is 42.1 Å². The Morgan fingerprint density at radius 2 is 2.17 bits per heavy atom. The third-order valence-electron chi connectivity index (χ3n) is 3.29. The summed E-state index contributed by atoms with van der Waals surface area (Å²) in [6.07, 6.45) is 1.66. The number of amides is 1. The highest BCUT2D eigenvalue weighted by molar-refractivity contribution is 7.16. The summed E-state index contributed by atoms with van der Waals surface area (Å²) in [5, 5.41) is 4.60. The zero-order chi connectivity index (χ0) is 17.3. The standard InChI is InChI=1S/C15H13ClN4O3S/c1-19-6-5-10(18-19)14(22)17-15-20(8-13(21)23-2)11-4-3-9(16)7-12(11)24-15/h3-7H,8H2,1-2H3. The van der Waals surface area contributed by atoms with E-state index < -0.39 is 11.9 Å². The van der Waals surface area contributed by atoms with E-state index in [0.717, 1.165) is 10.2 Å². The highest BCUT2D eigenvalue weighted by Gasteiger charge is 2.13. The van der Waals surface area contributed by atoms with Crippen molar-refractivity contribution in [1.82, 2.24) is 14.3 Å². The molecule has 2 aromatic heterocycles. The molecule has 0 saturated heterocycles. The maximum absolute atomic E-state index is 12.3. The predicted molar refractivity (Wildman–Crippen MR) is 89.9 cm³/mol. The fourth-order valence-corrected chi connectivity index (χ4v) is 3.46. The van der Waals surface area contributed by atoms with Crippen molar-refractivity contribution in [2.24, 2.45) is 12.0 Å². The molecule has 1 amide bonds.